The molecular weight excluding hydrogens is 318 g/mol. The summed E-state index contributed by atoms with van der Waals surface area (Å²) in [4.78, 5) is 13.2. The van der Waals surface area contributed by atoms with E-state index in [-0.39, 0.29) is 10.8 Å². The zero-order valence-electron chi connectivity index (χ0n) is 16.7. The van der Waals surface area contributed by atoms with Crippen LogP contribution in [0.4, 0.5) is 0 Å². The van der Waals surface area contributed by atoms with E-state index < -0.39 is 0 Å². The third-order valence-corrected chi connectivity index (χ3v) is 7.52. The van der Waals surface area contributed by atoms with E-state index in [1.165, 1.54) is 49.7 Å². The Hall–Kier alpha value is -1.31. The molecule has 1 aromatic carbocycles. The van der Waals surface area contributed by atoms with Crippen LogP contribution in [0.25, 0.3) is 0 Å². The van der Waals surface area contributed by atoms with Crippen molar-refractivity contribution in [3.8, 4) is 0 Å². The molecule has 0 unspecified atom stereocenters. The van der Waals surface area contributed by atoms with Crippen LogP contribution in [-0.2, 0) is 10.2 Å². The topological polar surface area (TPSA) is 29.1 Å². The van der Waals surface area contributed by atoms with Gasteiger partial charge in [0.2, 0.25) is 5.91 Å². The second kappa shape index (κ2) is 7.02. The van der Waals surface area contributed by atoms with Crippen molar-refractivity contribution in [2.75, 3.05) is 6.54 Å². The molecule has 4 aliphatic rings. The Balaban J connectivity index is 1.51. The van der Waals surface area contributed by atoms with Crippen molar-refractivity contribution in [1.29, 1.82) is 0 Å². The highest BCUT2D eigenvalue weighted by Gasteiger charge is 2.60. The summed E-state index contributed by atoms with van der Waals surface area (Å²) in [6, 6.07) is 9.21. The standard InChI is InChI=1S/C24H35NO/c1-3-4-5-6-11-25-22(26)24-15-19-12-20(16-24)14-23(13-19,17-24)21-9-7-18(2)8-10-21/h7-10,19-20H,3-6,11-17H2,1-2H3,(H,25,26)/t19-,20-,23?,24?/m1/s1. The van der Waals surface area contributed by atoms with Crippen LogP contribution in [0.15, 0.2) is 24.3 Å². The highest BCUT2D eigenvalue weighted by Crippen LogP contribution is 2.65. The Labute approximate surface area is 159 Å². The number of hydrogen-bond acceptors (Lipinski definition) is 1. The van der Waals surface area contributed by atoms with Crippen LogP contribution in [-0.4, -0.2) is 12.5 Å². The lowest BCUT2D eigenvalue weighted by atomic mass is 9.42. The van der Waals surface area contributed by atoms with Crippen LogP contribution in [0.1, 0.15) is 82.3 Å². The summed E-state index contributed by atoms with van der Waals surface area (Å²) in [6.45, 7) is 5.27. The molecule has 2 heteroatoms. The first kappa shape index (κ1) is 18.1. The lowest BCUT2D eigenvalue weighted by Crippen LogP contribution is -2.59. The van der Waals surface area contributed by atoms with Gasteiger partial charge in [0, 0.05) is 6.54 Å². The summed E-state index contributed by atoms with van der Waals surface area (Å²) in [5.74, 6) is 1.88. The summed E-state index contributed by atoms with van der Waals surface area (Å²) < 4.78 is 0. The molecule has 2 atom stereocenters. The van der Waals surface area contributed by atoms with Gasteiger partial charge >= 0.3 is 0 Å². The van der Waals surface area contributed by atoms with Crippen LogP contribution >= 0.6 is 0 Å². The lowest BCUT2D eigenvalue weighted by molar-refractivity contribution is -0.149. The summed E-state index contributed by atoms with van der Waals surface area (Å²) in [5, 5.41) is 3.34. The molecule has 5 rings (SSSR count). The van der Waals surface area contributed by atoms with Crippen molar-refractivity contribution >= 4 is 5.91 Å². The van der Waals surface area contributed by atoms with Gasteiger partial charge < -0.3 is 5.32 Å². The molecule has 0 aliphatic heterocycles. The minimum atomic E-state index is -0.0836. The van der Waals surface area contributed by atoms with E-state index in [4.69, 9.17) is 0 Å². The number of aryl methyl sites for hydroxylation is 1. The molecule has 1 N–H and O–H groups in total. The SMILES string of the molecule is CCCCCCNC(=O)C12C[C@@H]3C[C@@H](C1)CC(c1ccc(C)cc1)(C3)C2. The number of amides is 1. The first-order chi connectivity index (χ1) is 12.6. The molecule has 1 amide bonds. The number of unbranched alkanes of at least 4 members (excludes halogenated alkanes) is 3. The maximum atomic E-state index is 13.2. The first-order valence-electron chi connectivity index (χ1n) is 10.9. The molecule has 0 heterocycles. The fourth-order valence-corrected chi connectivity index (χ4v) is 6.71. The van der Waals surface area contributed by atoms with Gasteiger partial charge in [-0.1, -0.05) is 56.0 Å². The van der Waals surface area contributed by atoms with Gasteiger partial charge in [-0.2, -0.15) is 0 Å². The zero-order valence-corrected chi connectivity index (χ0v) is 16.7. The fraction of sp³-hybridized carbons (Fsp3) is 0.708. The number of benzene rings is 1. The van der Waals surface area contributed by atoms with Crippen molar-refractivity contribution in [1.82, 2.24) is 5.32 Å². The average molecular weight is 354 g/mol. The molecule has 2 nitrogen and oxygen atoms in total. The Morgan fingerprint density at radius 2 is 1.73 bits per heavy atom. The molecule has 1 aromatic rings. The Bertz CT molecular complexity index is 633. The third kappa shape index (κ3) is 3.21. The van der Waals surface area contributed by atoms with Crippen LogP contribution in [0, 0.1) is 24.2 Å². The van der Waals surface area contributed by atoms with E-state index in [1.54, 1.807) is 0 Å². The van der Waals surface area contributed by atoms with Crippen LogP contribution < -0.4 is 5.32 Å². The number of nitrogens with one attached hydrogen (secondary N) is 1. The molecule has 4 saturated carbocycles. The van der Waals surface area contributed by atoms with Gasteiger partial charge in [0.1, 0.15) is 0 Å². The van der Waals surface area contributed by atoms with E-state index in [1.807, 2.05) is 0 Å². The Morgan fingerprint density at radius 3 is 2.38 bits per heavy atom. The van der Waals surface area contributed by atoms with Gasteiger partial charge in [-0.05, 0) is 74.7 Å². The van der Waals surface area contributed by atoms with Crippen molar-refractivity contribution in [2.24, 2.45) is 17.3 Å². The molecule has 0 spiro atoms. The predicted molar refractivity (Wildman–Crippen MR) is 107 cm³/mol. The smallest absolute Gasteiger partial charge is 0.226 e. The van der Waals surface area contributed by atoms with Gasteiger partial charge in [-0.3, -0.25) is 4.79 Å². The Kier molecular flexibility index (Phi) is 4.88. The second-order valence-electron chi connectivity index (χ2n) is 9.70. The maximum Gasteiger partial charge on any atom is 0.226 e. The van der Waals surface area contributed by atoms with Gasteiger partial charge in [-0.25, -0.2) is 0 Å². The molecular formula is C24H35NO. The number of rotatable bonds is 7. The van der Waals surface area contributed by atoms with Gasteiger partial charge in [-0.15, -0.1) is 0 Å². The molecule has 142 valence electrons. The van der Waals surface area contributed by atoms with Gasteiger partial charge in [0.25, 0.3) is 0 Å². The fourth-order valence-electron chi connectivity index (χ4n) is 6.71. The number of carbonyl (C=O) groups is 1. The second-order valence-corrected chi connectivity index (χ2v) is 9.70. The van der Waals surface area contributed by atoms with Crippen LogP contribution in [0.2, 0.25) is 0 Å². The van der Waals surface area contributed by atoms with Gasteiger partial charge in [0.05, 0.1) is 5.41 Å². The van der Waals surface area contributed by atoms with Crippen molar-refractivity contribution in [3.63, 3.8) is 0 Å². The molecule has 4 aliphatic carbocycles. The zero-order chi connectivity index (χ0) is 18.2. The quantitative estimate of drug-likeness (QED) is 0.642. The largest absolute Gasteiger partial charge is 0.356 e. The first-order valence-corrected chi connectivity index (χ1v) is 10.9. The van der Waals surface area contributed by atoms with E-state index >= 15 is 0 Å². The normalized spacial score (nSPS) is 34.8. The monoisotopic (exact) mass is 353 g/mol. The minimum absolute atomic E-state index is 0.0836. The summed E-state index contributed by atoms with van der Waals surface area (Å²) in [7, 11) is 0. The van der Waals surface area contributed by atoms with E-state index in [9.17, 15) is 4.79 Å². The third-order valence-electron chi connectivity index (χ3n) is 7.52. The molecule has 0 saturated heterocycles. The predicted octanol–water partition coefficient (Wildman–Crippen LogP) is 5.53. The molecule has 26 heavy (non-hydrogen) atoms. The molecule has 4 fully saturated rings. The maximum absolute atomic E-state index is 13.2. The van der Waals surface area contributed by atoms with E-state index in [0.717, 1.165) is 44.1 Å². The van der Waals surface area contributed by atoms with Crippen molar-refractivity contribution in [3.05, 3.63) is 35.4 Å². The molecule has 0 aromatic heterocycles. The van der Waals surface area contributed by atoms with Gasteiger partial charge in [0.15, 0.2) is 0 Å². The number of hydrogen-bond donors (Lipinski definition) is 1. The average Bonchev–Trinajstić information content (AvgIpc) is 2.60. The van der Waals surface area contributed by atoms with E-state index in [2.05, 4.69) is 43.4 Å². The molecule has 0 radical (unpaired) electrons. The van der Waals surface area contributed by atoms with Crippen LogP contribution in [0.5, 0.6) is 0 Å². The highest BCUT2D eigenvalue weighted by atomic mass is 16.2. The summed E-state index contributed by atoms with van der Waals surface area (Å²) in [6.07, 6.45) is 12.2. The van der Waals surface area contributed by atoms with Crippen molar-refractivity contribution < 1.29 is 4.79 Å². The van der Waals surface area contributed by atoms with Crippen LogP contribution in [0.3, 0.4) is 0 Å². The summed E-state index contributed by atoms with van der Waals surface area (Å²) >= 11 is 0. The molecule has 4 bridgehead atoms. The van der Waals surface area contributed by atoms with E-state index in [0.29, 0.717) is 5.91 Å². The highest BCUT2D eigenvalue weighted by molar-refractivity contribution is 5.83. The number of carbonyl (C=O) groups excluding carboxylic acids is 1. The van der Waals surface area contributed by atoms with Crippen molar-refractivity contribution in [2.45, 2.75) is 83.5 Å². The Morgan fingerprint density at radius 1 is 1.04 bits per heavy atom. The summed E-state index contributed by atoms with van der Waals surface area (Å²) in [5.41, 5.74) is 3.01. The lowest BCUT2D eigenvalue weighted by Gasteiger charge is -2.61. The minimum Gasteiger partial charge on any atom is -0.356 e.